The number of hydrogen-bond acceptors (Lipinski definition) is 6. The number of non-ortho nitro benzene ring substituents is 1. The van der Waals surface area contributed by atoms with Gasteiger partial charge in [0, 0.05) is 6.07 Å². The minimum absolute atomic E-state index is 0.133. The normalized spacial score (nSPS) is 10.4. The van der Waals surface area contributed by atoms with Crippen LogP contribution in [0.2, 0.25) is 0 Å². The summed E-state index contributed by atoms with van der Waals surface area (Å²) in [6.45, 7) is 3.60. The van der Waals surface area contributed by atoms with E-state index in [1.807, 2.05) is 26.0 Å². The molecule has 0 unspecified atom stereocenters. The molecule has 0 heterocycles. The van der Waals surface area contributed by atoms with Gasteiger partial charge in [0.2, 0.25) is 0 Å². The molecule has 8 heteroatoms. The average Bonchev–Trinajstić information content (AvgIpc) is 2.66. The number of nitrogens with one attached hydrogen (secondary N) is 1. The Balaban J connectivity index is 1.96. The van der Waals surface area contributed by atoms with E-state index in [2.05, 4.69) is 5.32 Å². The lowest BCUT2D eigenvalue weighted by molar-refractivity contribution is -0.384. The first-order valence-electron chi connectivity index (χ1n) is 8.21. The van der Waals surface area contributed by atoms with Crippen molar-refractivity contribution < 1.29 is 24.0 Å². The Morgan fingerprint density at radius 1 is 1.15 bits per heavy atom. The Kier molecular flexibility index (Phi) is 6.48. The van der Waals surface area contributed by atoms with Crippen molar-refractivity contribution in [3.05, 3.63) is 63.7 Å². The predicted octanol–water partition coefficient (Wildman–Crippen LogP) is 3.52. The Morgan fingerprint density at radius 3 is 2.37 bits per heavy atom. The maximum atomic E-state index is 12.0. The van der Waals surface area contributed by atoms with Gasteiger partial charge in [-0.2, -0.15) is 0 Å². The molecule has 0 saturated heterocycles. The van der Waals surface area contributed by atoms with E-state index >= 15 is 0 Å². The molecular formula is C19H20N2O6. The first-order chi connectivity index (χ1) is 12.8. The molecule has 27 heavy (non-hydrogen) atoms. The average molecular weight is 372 g/mol. The number of carbonyl (C=O) groups excluding carboxylic acids is 2. The number of esters is 1. The van der Waals surface area contributed by atoms with Crippen LogP contribution in [0.25, 0.3) is 0 Å². The van der Waals surface area contributed by atoms with Gasteiger partial charge in [0.1, 0.15) is 5.75 Å². The summed E-state index contributed by atoms with van der Waals surface area (Å²) < 4.78 is 10.0. The van der Waals surface area contributed by atoms with Crippen molar-refractivity contribution in [2.75, 3.05) is 19.0 Å². The molecule has 0 aliphatic rings. The fraction of sp³-hybridized carbons (Fsp3) is 0.263. The Bertz CT molecular complexity index is 846. The van der Waals surface area contributed by atoms with Gasteiger partial charge in [-0.25, -0.2) is 4.79 Å². The van der Waals surface area contributed by atoms with Gasteiger partial charge in [-0.05, 0) is 29.7 Å². The second kappa shape index (κ2) is 8.79. The maximum Gasteiger partial charge on any atom is 0.338 e. The lowest BCUT2D eigenvalue weighted by atomic mass is 10.0. The summed E-state index contributed by atoms with van der Waals surface area (Å²) in [7, 11) is 1.33. The van der Waals surface area contributed by atoms with Gasteiger partial charge < -0.3 is 14.8 Å². The highest BCUT2D eigenvalue weighted by Gasteiger charge is 2.15. The molecule has 0 spiro atoms. The highest BCUT2D eigenvalue weighted by atomic mass is 16.6. The summed E-state index contributed by atoms with van der Waals surface area (Å²) in [5.41, 5.74) is 1.52. The Labute approximate surface area is 156 Å². The molecule has 0 saturated carbocycles. The smallest absolute Gasteiger partial charge is 0.338 e. The number of ether oxygens (including phenoxy) is 2. The zero-order valence-corrected chi connectivity index (χ0v) is 15.2. The molecule has 2 rings (SSSR count). The first kappa shape index (κ1) is 19.9. The SMILES string of the molecule is COc1cc([N+](=O)[O-])ccc1NC(=O)COC(=O)c1ccc(C(C)C)cc1. The van der Waals surface area contributed by atoms with Crippen LogP contribution in [0.1, 0.15) is 35.7 Å². The van der Waals surface area contributed by atoms with Gasteiger partial charge in [-0.3, -0.25) is 14.9 Å². The van der Waals surface area contributed by atoms with Crippen molar-refractivity contribution in [3.8, 4) is 5.75 Å². The molecule has 2 aromatic rings. The lowest BCUT2D eigenvalue weighted by Gasteiger charge is -2.10. The summed E-state index contributed by atoms with van der Waals surface area (Å²) >= 11 is 0. The third-order valence-electron chi connectivity index (χ3n) is 3.82. The molecule has 0 aliphatic heterocycles. The fourth-order valence-electron chi connectivity index (χ4n) is 2.30. The number of anilines is 1. The number of nitro groups is 1. The minimum atomic E-state index is -0.615. The van der Waals surface area contributed by atoms with Crippen molar-refractivity contribution >= 4 is 23.3 Å². The van der Waals surface area contributed by atoms with Crippen LogP contribution in [0.4, 0.5) is 11.4 Å². The highest BCUT2D eigenvalue weighted by Crippen LogP contribution is 2.28. The maximum absolute atomic E-state index is 12.0. The van der Waals surface area contributed by atoms with E-state index in [0.717, 1.165) is 5.56 Å². The van der Waals surface area contributed by atoms with Gasteiger partial charge >= 0.3 is 5.97 Å². The van der Waals surface area contributed by atoms with E-state index in [1.54, 1.807) is 12.1 Å². The van der Waals surface area contributed by atoms with Gasteiger partial charge in [0.25, 0.3) is 11.6 Å². The molecule has 1 N–H and O–H groups in total. The second-order valence-electron chi connectivity index (χ2n) is 6.04. The predicted molar refractivity (Wildman–Crippen MR) is 99.1 cm³/mol. The van der Waals surface area contributed by atoms with Crippen LogP contribution >= 0.6 is 0 Å². The van der Waals surface area contributed by atoms with Crippen LogP contribution in [0, 0.1) is 10.1 Å². The molecule has 0 radical (unpaired) electrons. The number of methoxy groups -OCH3 is 1. The number of amides is 1. The molecule has 0 aliphatic carbocycles. The molecule has 142 valence electrons. The van der Waals surface area contributed by atoms with Crippen LogP contribution in [-0.4, -0.2) is 30.5 Å². The van der Waals surface area contributed by atoms with E-state index in [4.69, 9.17) is 9.47 Å². The van der Waals surface area contributed by atoms with Crippen molar-refractivity contribution in [2.45, 2.75) is 19.8 Å². The van der Waals surface area contributed by atoms with E-state index in [1.165, 1.54) is 25.3 Å². The van der Waals surface area contributed by atoms with Crippen molar-refractivity contribution in [1.82, 2.24) is 0 Å². The number of nitro benzene ring substituents is 1. The molecule has 0 bridgehead atoms. The van der Waals surface area contributed by atoms with Gasteiger partial charge in [0.05, 0.1) is 29.4 Å². The number of rotatable bonds is 7. The van der Waals surface area contributed by atoms with Crippen LogP contribution in [0.3, 0.4) is 0 Å². The van der Waals surface area contributed by atoms with Crippen LogP contribution in [0.5, 0.6) is 5.75 Å². The number of benzene rings is 2. The summed E-state index contributed by atoms with van der Waals surface area (Å²) in [4.78, 5) is 34.2. The summed E-state index contributed by atoms with van der Waals surface area (Å²) in [5.74, 6) is -0.726. The zero-order valence-electron chi connectivity index (χ0n) is 15.2. The van der Waals surface area contributed by atoms with Crippen molar-refractivity contribution in [3.63, 3.8) is 0 Å². The molecule has 0 aromatic heterocycles. The quantitative estimate of drug-likeness (QED) is 0.453. The van der Waals surface area contributed by atoms with Crippen molar-refractivity contribution in [2.24, 2.45) is 0 Å². The van der Waals surface area contributed by atoms with Crippen LogP contribution in [0.15, 0.2) is 42.5 Å². The zero-order chi connectivity index (χ0) is 20.0. The summed E-state index contributed by atoms with van der Waals surface area (Å²) in [6, 6.07) is 10.7. The third-order valence-corrected chi connectivity index (χ3v) is 3.82. The van der Waals surface area contributed by atoms with E-state index in [9.17, 15) is 19.7 Å². The molecule has 0 atom stereocenters. The molecule has 8 nitrogen and oxygen atoms in total. The molecule has 1 amide bonds. The van der Waals surface area contributed by atoms with Crippen molar-refractivity contribution in [1.29, 1.82) is 0 Å². The largest absolute Gasteiger partial charge is 0.494 e. The highest BCUT2D eigenvalue weighted by molar-refractivity contribution is 5.96. The van der Waals surface area contributed by atoms with E-state index < -0.39 is 23.4 Å². The summed E-state index contributed by atoms with van der Waals surface area (Å²) in [6.07, 6.45) is 0. The van der Waals surface area contributed by atoms with E-state index in [-0.39, 0.29) is 17.1 Å². The van der Waals surface area contributed by atoms with Crippen LogP contribution < -0.4 is 10.1 Å². The lowest BCUT2D eigenvalue weighted by Crippen LogP contribution is -2.21. The standard InChI is InChI=1S/C19H20N2O6/c1-12(2)13-4-6-14(7-5-13)19(23)27-11-18(22)20-16-9-8-15(21(24)25)10-17(16)26-3/h4-10,12H,11H2,1-3H3,(H,20,22). The van der Waals surface area contributed by atoms with Gasteiger partial charge in [-0.15, -0.1) is 0 Å². The Morgan fingerprint density at radius 2 is 1.81 bits per heavy atom. The number of nitrogens with zero attached hydrogens (tertiary/aromatic N) is 1. The number of hydrogen-bond donors (Lipinski definition) is 1. The second-order valence-corrected chi connectivity index (χ2v) is 6.04. The molecule has 2 aromatic carbocycles. The molecule has 0 fully saturated rings. The first-order valence-corrected chi connectivity index (χ1v) is 8.21. The topological polar surface area (TPSA) is 108 Å². The van der Waals surface area contributed by atoms with Crippen LogP contribution in [-0.2, 0) is 9.53 Å². The monoisotopic (exact) mass is 372 g/mol. The van der Waals surface area contributed by atoms with E-state index in [0.29, 0.717) is 11.5 Å². The number of carbonyl (C=O) groups is 2. The molecular weight excluding hydrogens is 352 g/mol. The minimum Gasteiger partial charge on any atom is -0.494 e. The van der Waals surface area contributed by atoms with Gasteiger partial charge in [0.15, 0.2) is 6.61 Å². The fourth-order valence-corrected chi connectivity index (χ4v) is 2.30. The summed E-state index contributed by atoms with van der Waals surface area (Å²) in [5, 5.41) is 13.3. The third kappa shape index (κ3) is 5.27. The van der Waals surface area contributed by atoms with Gasteiger partial charge in [-0.1, -0.05) is 26.0 Å². The Hall–Kier alpha value is -3.42.